The summed E-state index contributed by atoms with van der Waals surface area (Å²) < 4.78 is 0. The van der Waals surface area contributed by atoms with Gasteiger partial charge < -0.3 is 15.5 Å². The molecule has 4 heteroatoms. The van der Waals surface area contributed by atoms with Crippen LogP contribution >= 0.6 is 0 Å². The smallest absolute Gasteiger partial charge is 0.244 e. The van der Waals surface area contributed by atoms with E-state index in [0.29, 0.717) is 6.04 Å². The zero-order valence-electron chi connectivity index (χ0n) is 13.3. The Morgan fingerprint density at radius 3 is 2.27 bits per heavy atom. The summed E-state index contributed by atoms with van der Waals surface area (Å²) in [5, 5.41) is 0. The van der Waals surface area contributed by atoms with E-state index in [2.05, 4.69) is 4.90 Å². The van der Waals surface area contributed by atoms with E-state index < -0.39 is 6.04 Å². The molecule has 1 amide bonds. The number of rotatable bonds is 3. The van der Waals surface area contributed by atoms with Gasteiger partial charge in [0.1, 0.15) is 6.04 Å². The van der Waals surface area contributed by atoms with Crippen molar-refractivity contribution >= 4 is 5.91 Å². The van der Waals surface area contributed by atoms with Crippen LogP contribution in [0.25, 0.3) is 0 Å². The van der Waals surface area contributed by atoms with Gasteiger partial charge in [0.05, 0.1) is 0 Å². The molecule has 1 aromatic carbocycles. The molecule has 120 valence electrons. The van der Waals surface area contributed by atoms with Gasteiger partial charge in [-0.3, -0.25) is 4.79 Å². The van der Waals surface area contributed by atoms with Gasteiger partial charge in [-0.2, -0.15) is 0 Å². The van der Waals surface area contributed by atoms with Crippen LogP contribution in [0.3, 0.4) is 0 Å². The van der Waals surface area contributed by atoms with Gasteiger partial charge in [-0.15, -0.1) is 0 Å². The molecule has 0 radical (unpaired) electrons. The highest BCUT2D eigenvalue weighted by Crippen LogP contribution is 2.22. The van der Waals surface area contributed by atoms with Gasteiger partial charge >= 0.3 is 0 Å². The molecule has 2 N–H and O–H groups in total. The van der Waals surface area contributed by atoms with E-state index in [9.17, 15) is 4.79 Å². The minimum atomic E-state index is -0.521. The molecule has 1 unspecified atom stereocenters. The molecule has 1 aromatic rings. The Morgan fingerprint density at radius 1 is 1.00 bits per heavy atom. The predicted octanol–water partition coefficient (Wildman–Crippen LogP) is 2.16. The van der Waals surface area contributed by atoms with Crippen molar-refractivity contribution < 1.29 is 4.79 Å². The van der Waals surface area contributed by atoms with Crippen LogP contribution in [0, 0.1) is 0 Å². The van der Waals surface area contributed by atoms with Gasteiger partial charge in [0.25, 0.3) is 0 Å². The topological polar surface area (TPSA) is 49.6 Å². The molecule has 3 rings (SSSR count). The number of carbonyl (C=O) groups excluding carboxylic acids is 1. The summed E-state index contributed by atoms with van der Waals surface area (Å²) in [5.41, 5.74) is 7.05. The monoisotopic (exact) mass is 301 g/mol. The van der Waals surface area contributed by atoms with E-state index in [4.69, 9.17) is 5.73 Å². The number of likely N-dealkylation sites (tertiary alicyclic amines) is 2. The number of nitrogens with two attached hydrogens (primary N) is 1. The summed E-state index contributed by atoms with van der Waals surface area (Å²) >= 11 is 0. The molecular weight excluding hydrogens is 274 g/mol. The summed E-state index contributed by atoms with van der Waals surface area (Å²) in [6, 6.07) is 9.83. The molecule has 2 aliphatic heterocycles. The lowest BCUT2D eigenvalue weighted by Gasteiger charge is -2.40. The van der Waals surface area contributed by atoms with Crippen LogP contribution in [0.4, 0.5) is 0 Å². The van der Waals surface area contributed by atoms with E-state index in [1.54, 1.807) is 0 Å². The van der Waals surface area contributed by atoms with Crippen molar-refractivity contribution in [3.63, 3.8) is 0 Å². The molecule has 0 spiro atoms. The summed E-state index contributed by atoms with van der Waals surface area (Å²) in [7, 11) is 0. The van der Waals surface area contributed by atoms with Crippen LogP contribution in [-0.2, 0) is 4.79 Å². The van der Waals surface area contributed by atoms with E-state index in [-0.39, 0.29) is 5.91 Å². The second kappa shape index (κ2) is 7.25. The Balaban J connectivity index is 1.53. The molecule has 2 heterocycles. The molecule has 0 bridgehead atoms. The highest BCUT2D eigenvalue weighted by Gasteiger charge is 2.29. The summed E-state index contributed by atoms with van der Waals surface area (Å²) in [5.74, 6) is 0.0725. The van der Waals surface area contributed by atoms with Crippen LogP contribution in [0.15, 0.2) is 30.3 Å². The first kappa shape index (κ1) is 15.5. The van der Waals surface area contributed by atoms with Gasteiger partial charge in [0.15, 0.2) is 0 Å². The SMILES string of the molecule is NC(C(=O)N1CCC(N2CCCCC2)CC1)c1ccccc1. The lowest BCUT2D eigenvalue weighted by molar-refractivity contribution is -0.134. The maximum absolute atomic E-state index is 12.6. The zero-order chi connectivity index (χ0) is 15.4. The number of benzene rings is 1. The number of carbonyl (C=O) groups is 1. The minimum Gasteiger partial charge on any atom is -0.341 e. The highest BCUT2D eigenvalue weighted by molar-refractivity contribution is 5.83. The normalized spacial score (nSPS) is 22.5. The third-order valence-corrected chi connectivity index (χ3v) is 5.11. The Kier molecular flexibility index (Phi) is 5.11. The molecule has 1 atom stereocenters. The molecule has 2 aliphatic rings. The lowest BCUT2D eigenvalue weighted by Crippen LogP contribution is -2.49. The van der Waals surface area contributed by atoms with Gasteiger partial charge in [0, 0.05) is 19.1 Å². The first-order valence-electron chi connectivity index (χ1n) is 8.59. The Bertz CT molecular complexity index is 476. The van der Waals surface area contributed by atoms with Crippen molar-refractivity contribution in [1.82, 2.24) is 9.80 Å². The van der Waals surface area contributed by atoms with Crippen molar-refractivity contribution in [2.75, 3.05) is 26.2 Å². The average molecular weight is 301 g/mol. The fraction of sp³-hybridized carbons (Fsp3) is 0.611. The van der Waals surface area contributed by atoms with Crippen molar-refractivity contribution in [1.29, 1.82) is 0 Å². The van der Waals surface area contributed by atoms with E-state index >= 15 is 0 Å². The number of nitrogens with zero attached hydrogens (tertiary/aromatic N) is 2. The van der Waals surface area contributed by atoms with Gasteiger partial charge in [0.2, 0.25) is 5.91 Å². The summed E-state index contributed by atoms with van der Waals surface area (Å²) in [6.45, 7) is 4.17. The third-order valence-electron chi connectivity index (χ3n) is 5.11. The molecule has 22 heavy (non-hydrogen) atoms. The first-order valence-corrected chi connectivity index (χ1v) is 8.59. The van der Waals surface area contributed by atoms with Crippen LogP contribution < -0.4 is 5.73 Å². The van der Waals surface area contributed by atoms with Crippen LogP contribution in [0.5, 0.6) is 0 Å². The Labute approximate surface area is 133 Å². The maximum atomic E-state index is 12.6. The number of piperidine rings is 2. The van der Waals surface area contributed by atoms with Crippen molar-refractivity contribution in [3.05, 3.63) is 35.9 Å². The molecule has 4 nitrogen and oxygen atoms in total. The highest BCUT2D eigenvalue weighted by atomic mass is 16.2. The van der Waals surface area contributed by atoms with Gasteiger partial charge in [-0.1, -0.05) is 36.8 Å². The second-order valence-electron chi connectivity index (χ2n) is 6.54. The fourth-order valence-corrected chi connectivity index (χ4v) is 3.73. The van der Waals surface area contributed by atoms with Crippen molar-refractivity contribution in [3.8, 4) is 0 Å². The summed E-state index contributed by atoms with van der Waals surface area (Å²) in [6.07, 6.45) is 6.22. The van der Waals surface area contributed by atoms with Crippen LogP contribution in [0.1, 0.15) is 43.7 Å². The minimum absolute atomic E-state index is 0.0725. The third kappa shape index (κ3) is 3.50. The number of hydrogen-bond donors (Lipinski definition) is 1. The van der Waals surface area contributed by atoms with Crippen molar-refractivity contribution in [2.45, 2.75) is 44.2 Å². The average Bonchev–Trinajstić information content (AvgIpc) is 2.62. The number of hydrogen-bond acceptors (Lipinski definition) is 3. The molecule has 2 saturated heterocycles. The van der Waals surface area contributed by atoms with Gasteiger partial charge in [-0.05, 0) is 44.3 Å². The first-order chi connectivity index (χ1) is 10.8. The Morgan fingerprint density at radius 2 is 1.64 bits per heavy atom. The van der Waals surface area contributed by atoms with Gasteiger partial charge in [-0.25, -0.2) is 0 Å². The zero-order valence-corrected chi connectivity index (χ0v) is 13.3. The quantitative estimate of drug-likeness (QED) is 0.931. The molecule has 0 aromatic heterocycles. The molecule has 2 fully saturated rings. The predicted molar refractivity (Wildman–Crippen MR) is 88.4 cm³/mol. The molecule has 0 saturated carbocycles. The summed E-state index contributed by atoms with van der Waals surface area (Å²) in [4.78, 5) is 17.2. The van der Waals surface area contributed by atoms with E-state index in [1.807, 2.05) is 35.2 Å². The Hall–Kier alpha value is -1.39. The lowest BCUT2D eigenvalue weighted by atomic mass is 9.98. The maximum Gasteiger partial charge on any atom is 0.244 e. The second-order valence-corrected chi connectivity index (χ2v) is 6.54. The molecule has 0 aliphatic carbocycles. The van der Waals surface area contributed by atoms with Crippen LogP contribution in [-0.4, -0.2) is 47.9 Å². The standard InChI is InChI=1S/C18H27N3O/c19-17(15-7-3-1-4-8-15)18(22)21-13-9-16(10-14-21)20-11-5-2-6-12-20/h1,3-4,7-8,16-17H,2,5-6,9-14,19H2. The van der Waals surface area contributed by atoms with E-state index in [1.165, 1.54) is 32.4 Å². The number of amides is 1. The van der Waals surface area contributed by atoms with Crippen LogP contribution in [0.2, 0.25) is 0 Å². The van der Waals surface area contributed by atoms with E-state index in [0.717, 1.165) is 31.5 Å². The molecular formula is C18H27N3O. The van der Waals surface area contributed by atoms with Crippen molar-refractivity contribution in [2.24, 2.45) is 5.73 Å². The largest absolute Gasteiger partial charge is 0.341 e. The fourth-order valence-electron chi connectivity index (χ4n) is 3.73.